The monoisotopic (exact) mass is 767 g/mol. The number of piperidine rings is 1. The Morgan fingerprint density at radius 1 is 1.07 bits per heavy atom. The molecule has 12 heteroatoms. The summed E-state index contributed by atoms with van der Waals surface area (Å²) in [7, 11) is 4.95. The summed E-state index contributed by atoms with van der Waals surface area (Å²) in [4.78, 5) is 40.1. The number of nitrogens with two attached hydrogens (primary N) is 1. The van der Waals surface area contributed by atoms with E-state index < -0.39 is 51.3 Å². The highest BCUT2D eigenvalue weighted by Gasteiger charge is 2.78. The number of ketones is 1. The van der Waals surface area contributed by atoms with Crippen LogP contribution in [0.15, 0.2) is 48.6 Å². The molecule has 1 spiro atoms. The van der Waals surface area contributed by atoms with Gasteiger partial charge in [0.2, 0.25) is 0 Å². The van der Waals surface area contributed by atoms with Gasteiger partial charge in [0.05, 0.1) is 25.9 Å². The fraction of sp³-hybridized carbons (Fsp3) is 0.591. The zero-order valence-corrected chi connectivity index (χ0v) is 33.3. The van der Waals surface area contributed by atoms with Crippen molar-refractivity contribution in [1.29, 1.82) is 0 Å². The summed E-state index contributed by atoms with van der Waals surface area (Å²) >= 11 is 0. The fourth-order valence-electron chi connectivity index (χ4n) is 13.3. The number of H-pyrrole nitrogens is 1. The van der Waals surface area contributed by atoms with Crippen molar-refractivity contribution >= 4 is 28.3 Å². The van der Waals surface area contributed by atoms with Crippen LogP contribution in [0.1, 0.15) is 68.3 Å². The van der Waals surface area contributed by atoms with Gasteiger partial charge in [-0.15, -0.1) is 0 Å². The number of rotatable bonds is 7. The fourth-order valence-corrected chi connectivity index (χ4v) is 13.3. The summed E-state index contributed by atoms with van der Waals surface area (Å²) in [6.45, 7) is 7.34. The number of aliphatic hydroxyl groups is 3. The molecule has 6 N–H and O–H groups in total. The number of aromatic nitrogens is 1. The van der Waals surface area contributed by atoms with Crippen molar-refractivity contribution in [2.75, 3.05) is 65.4 Å². The standard InChI is InChI=1S/C44H57N5O7/c1-6-41-14-9-17-49-19-15-42(36(41)49)29-20-30(33(55-4)21-32(29)47(3)37(42)44(54,38(41)51)34(50)12-16-45)43(39(52)56-5)23-26-22-40(2,53)25-48(24-26)18-13-28-27-10-7-8-11-31(27)46-35(28)43/h7-11,14,20-21,26,36-38,46,51,53-54H,6,12-13,15-19,22-25,45H2,1-5H3/t26?,36?,37?,38-,40+,41-,42?,43-,44+/m1/s1. The molecule has 0 radical (unpaired) electrons. The van der Waals surface area contributed by atoms with Crippen LogP contribution in [0.4, 0.5) is 5.69 Å². The van der Waals surface area contributed by atoms with Gasteiger partial charge in [-0.1, -0.05) is 37.3 Å². The number of Topliss-reactive ketones (excluding diaryl/α,β-unsaturated/α-hetero) is 1. The summed E-state index contributed by atoms with van der Waals surface area (Å²) in [5.41, 5.74) is 4.82. The first-order valence-corrected chi connectivity index (χ1v) is 20.4. The number of fused-ring (bicyclic) bond motifs is 6. The number of esters is 1. The summed E-state index contributed by atoms with van der Waals surface area (Å²) in [5.74, 6) is -0.486. The number of methoxy groups -OCH3 is 2. The van der Waals surface area contributed by atoms with Gasteiger partial charge in [0.15, 0.2) is 11.4 Å². The van der Waals surface area contributed by atoms with Crippen molar-refractivity contribution in [1.82, 2.24) is 14.8 Å². The number of benzene rings is 2. The molecular weight excluding hydrogens is 711 g/mol. The van der Waals surface area contributed by atoms with Crippen LogP contribution in [0.3, 0.4) is 0 Å². The lowest BCUT2D eigenvalue weighted by molar-refractivity contribution is -0.201. The number of aromatic amines is 1. The molecule has 3 fully saturated rings. The second-order valence-electron chi connectivity index (χ2n) is 18.0. The molecule has 1 aliphatic carbocycles. The van der Waals surface area contributed by atoms with E-state index in [-0.39, 0.29) is 24.9 Å². The molecule has 5 aliphatic heterocycles. The number of ether oxygens (including phenoxy) is 2. The minimum absolute atomic E-state index is 0.0483. The number of hydrogen-bond acceptors (Lipinski definition) is 11. The van der Waals surface area contributed by atoms with Crippen molar-refractivity contribution < 1.29 is 34.4 Å². The van der Waals surface area contributed by atoms with Gasteiger partial charge in [0.25, 0.3) is 0 Å². The van der Waals surface area contributed by atoms with Gasteiger partial charge in [-0.2, -0.15) is 0 Å². The van der Waals surface area contributed by atoms with Crippen molar-refractivity contribution in [3.05, 3.63) is 70.9 Å². The van der Waals surface area contributed by atoms with Gasteiger partial charge in [0.1, 0.15) is 17.3 Å². The first kappa shape index (κ1) is 37.8. The Hall–Kier alpha value is -3.78. The highest BCUT2D eigenvalue weighted by Crippen LogP contribution is 2.67. The first-order chi connectivity index (χ1) is 26.8. The molecular formula is C44H57N5O7. The summed E-state index contributed by atoms with van der Waals surface area (Å²) in [6, 6.07) is 11.2. The summed E-state index contributed by atoms with van der Waals surface area (Å²) in [6.07, 6.45) is 5.30. The molecule has 6 aliphatic rings. The maximum absolute atomic E-state index is 15.2. The lowest BCUT2D eigenvalue weighted by atomic mass is 9.47. The SMILES string of the molecule is CC[C@]12C=CCN3CCC4(c5cc([C@]6(C(=O)OC)CC7CN(CCc8c6[nH]c6ccccc86)C[C@@](C)(O)C7)c(OC)cc5N(C)C4[C@@](O)(C(=O)CCN)[C@@H]1O)C32. The molecule has 10 atom stereocenters. The number of para-hydroxylation sites is 1. The number of likely N-dealkylation sites (N-methyl/N-ethyl adjacent to an activating group) is 1. The second-order valence-corrected chi connectivity index (χ2v) is 18.0. The molecule has 1 aromatic heterocycles. The molecule has 2 bridgehead atoms. The Morgan fingerprint density at radius 2 is 1.86 bits per heavy atom. The second kappa shape index (κ2) is 12.9. The van der Waals surface area contributed by atoms with E-state index in [1.165, 1.54) is 7.11 Å². The predicted molar refractivity (Wildman–Crippen MR) is 213 cm³/mol. The van der Waals surface area contributed by atoms with E-state index in [1.54, 1.807) is 7.11 Å². The van der Waals surface area contributed by atoms with Gasteiger partial charge in [-0.05, 0) is 81.3 Å². The molecule has 300 valence electrons. The number of carbonyl (C=O) groups excluding carboxylic acids is 2. The molecule has 9 rings (SSSR count). The highest BCUT2D eigenvalue weighted by atomic mass is 16.5. The number of nitrogens with one attached hydrogen (secondary N) is 1. The van der Waals surface area contributed by atoms with Gasteiger partial charge < -0.3 is 40.4 Å². The Balaban J connectivity index is 1.36. The molecule has 6 heterocycles. The molecule has 1 saturated carbocycles. The van der Waals surface area contributed by atoms with Crippen molar-refractivity contribution in [2.45, 2.75) is 92.6 Å². The van der Waals surface area contributed by atoms with Crippen molar-refractivity contribution in [3.63, 3.8) is 0 Å². The maximum Gasteiger partial charge on any atom is 0.322 e. The van der Waals surface area contributed by atoms with E-state index >= 15 is 4.79 Å². The van der Waals surface area contributed by atoms with Crippen LogP contribution in [0, 0.1) is 11.3 Å². The van der Waals surface area contributed by atoms with E-state index in [9.17, 15) is 20.1 Å². The number of carbonyl (C=O) groups is 2. The zero-order valence-electron chi connectivity index (χ0n) is 33.3. The third-order valence-electron chi connectivity index (χ3n) is 15.1. The van der Waals surface area contributed by atoms with Crippen LogP contribution in [-0.4, -0.2) is 132 Å². The van der Waals surface area contributed by atoms with Gasteiger partial charge in [-0.3, -0.25) is 19.4 Å². The van der Waals surface area contributed by atoms with Gasteiger partial charge in [-0.25, -0.2) is 0 Å². The predicted octanol–water partition coefficient (Wildman–Crippen LogP) is 2.77. The molecule has 12 nitrogen and oxygen atoms in total. The van der Waals surface area contributed by atoms with Crippen LogP contribution in [0.5, 0.6) is 5.75 Å². The minimum atomic E-state index is -2.15. The van der Waals surface area contributed by atoms with Crippen LogP contribution in [0.2, 0.25) is 0 Å². The number of aliphatic hydroxyl groups excluding tert-OH is 1. The quantitative estimate of drug-likeness (QED) is 0.178. The summed E-state index contributed by atoms with van der Waals surface area (Å²) < 4.78 is 12.3. The molecule has 3 aromatic rings. The summed E-state index contributed by atoms with van der Waals surface area (Å²) in [5, 5.41) is 38.3. The Labute approximate surface area is 328 Å². The molecule has 5 unspecified atom stereocenters. The number of anilines is 1. The lowest BCUT2D eigenvalue weighted by Gasteiger charge is -2.63. The smallest absolute Gasteiger partial charge is 0.322 e. The Kier molecular flexibility index (Phi) is 8.68. The van der Waals surface area contributed by atoms with Crippen molar-refractivity contribution in [3.8, 4) is 5.75 Å². The lowest BCUT2D eigenvalue weighted by Crippen LogP contribution is -2.80. The van der Waals surface area contributed by atoms with E-state index in [0.717, 1.165) is 46.5 Å². The molecule has 0 amide bonds. The van der Waals surface area contributed by atoms with Crippen molar-refractivity contribution in [2.24, 2.45) is 17.1 Å². The average Bonchev–Trinajstić information content (AvgIpc) is 3.84. The van der Waals surface area contributed by atoms with E-state index in [2.05, 4.69) is 39.1 Å². The van der Waals surface area contributed by atoms with Gasteiger partial charge in [0, 0.05) is 90.4 Å². The van der Waals surface area contributed by atoms with E-state index in [1.807, 2.05) is 50.1 Å². The van der Waals surface area contributed by atoms with Crippen LogP contribution in [0.25, 0.3) is 10.9 Å². The topological polar surface area (TPSA) is 165 Å². The Morgan fingerprint density at radius 3 is 2.59 bits per heavy atom. The van der Waals surface area contributed by atoms with Crippen LogP contribution in [-0.2, 0) is 31.6 Å². The molecule has 2 aromatic carbocycles. The minimum Gasteiger partial charge on any atom is -0.496 e. The third kappa shape index (κ3) is 4.74. The number of hydrogen-bond donors (Lipinski definition) is 5. The zero-order chi connectivity index (χ0) is 39.6. The highest BCUT2D eigenvalue weighted by molar-refractivity contribution is 5.95. The molecule has 56 heavy (non-hydrogen) atoms. The number of nitrogens with zero attached hydrogens (tertiary/aromatic N) is 3. The van der Waals surface area contributed by atoms with E-state index in [0.29, 0.717) is 63.1 Å². The Bertz CT molecular complexity index is 2130. The largest absolute Gasteiger partial charge is 0.496 e. The first-order valence-electron chi connectivity index (χ1n) is 20.4. The molecule has 2 saturated heterocycles. The third-order valence-corrected chi connectivity index (χ3v) is 15.1. The van der Waals surface area contributed by atoms with E-state index in [4.69, 9.17) is 15.2 Å². The average molecular weight is 768 g/mol. The van der Waals surface area contributed by atoms with Crippen LogP contribution >= 0.6 is 0 Å². The normalized spacial score (nSPS) is 38.5. The maximum atomic E-state index is 15.2. The van der Waals surface area contributed by atoms with Crippen LogP contribution < -0.4 is 15.4 Å². The van der Waals surface area contributed by atoms with Gasteiger partial charge >= 0.3 is 5.97 Å².